The third-order valence-electron chi connectivity index (χ3n) is 3.58. The lowest BCUT2D eigenvalue weighted by Gasteiger charge is -2.08. The van der Waals surface area contributed by atoms with E-state index in [1.807, 2.05) is 31.2 Å². The monoisotopic (exact) mass is 352 g/mol. The number of carbonyl (C=O) groups excluding carboxylic acids is 1. The molecule has 1 heterocycles. The van der Waals surface area contributed by atoms with Crippen molar-refractivity contribution in [2.24, 2.45) is 0 Å². The Morgan fingerprint density at radius 1 is 1.08 bits per heavy atom. The summed E-state index contributed by atoms with van der Waals surface area (Å²) in [6.07, 6.45) is 1.55. The van der Waals surface area contributed by atoms with Crippen LogP contribution in [0.2, 0.25) is 5.02 Å². The second-order valence-corrected chi connectivity index (χ2v) is 5.95. The number of nitrogens with zero attached hydrogens (tertiary/aromatic N) is 2. The highest BCUT2D eigenvalue weighted by Crippen LogP contribution is 2.21. The molecule has 2 N–H and O–H groups in total. The van der Waals surface area contributed by atoms with E-state index >= 15 is 0 Å². The lowest BCUT2D eigenvalue weighted by molar-refractivity contribution is 0.102. The largest absolute Gasteiger partial charge is 0.350 e. The van der Waals surface area contributed by atoms with Gasteiger partial charge >= 0.3 is 0 Å². The number of carbonyl (C=O) groups is 1. The summed E-state index contributed by atoms with van der Waals surface area (Å²) in [7, 11) is 0. The molecule has 0 saturated carbocycles. The zero-order valence-electron chi connectivity index (χ0n) is 13.7. The highest BCUT2D eigenvalue weighted by atomic mass is 35.5. The van der Waals surface area contributed by atoms with Gasteiger partial charge in [-0.05, 0) is 30.7 Å². The Kier molecular flexibility index (Phi) is 5.26. The van der Waals surface area contributed by atoms with Crippen LogP contribution in [0.4, 0.5) is 11.6 Å². The van der Waals surface area contributed by atoms with E-state index in [2.05, 4.69) is 20.6 Å². The number of para-hydroxylation sites is 1. The van der Waals surface area contributed by atoms with Gasteiger partial charge in [0.2, 0.25) is 5.95 Å². The molecule has 25 heavy (non-hydrogen) atoms. The molecule has 0 atom stereocenters. The molecule has 0 aliphatic carbocycles. The third kappa shape index (κ3) is 4.55. The van der Waals surface area contributed by atoms with Crippen molar-refractivity contribution in [1.29, 1.82) is 0 Å². The topological polar surface area (TPSA) is 66.9 Å². The lowest BCUT2D eigenvalue weighted by atomic mass is 10.1. The van der Waals surface area contributed by atoms with E-state index in [-0.39, 0.29) is 11.6 Å². The van der Waals surface area contributed by atoms with Crippen molar-refractivity contribution in [3.63, 3.8) is 0 Å². The molecule has 126 valence electrons. The molecule has 0 bridgehead atoms. The molecule has 5 nitrogen and oxygen atoms in total. The predicted octanol–water partition coefficient (Wildman–Crippen LogP) is 4.30. The summed E-state index contributed by atoms with van der Waals surface area (Å²) in [6, 6.07) is 16.8. The summed E-state index contributed by atoms with van der Waals surface area (Å²) in [4.78, 5) is 20.7. The van der Waals surface area contributed by atoms with E-state index in [9.17, 15) is 4.79 Å². The molecule has 0 fully saturated rings. The standard InChI is InChI=1S/C19H17ClN4O/c1-13-6-8-14(9-7-13)12-22-19-21-11-10-17(24-19)18(25)23-16-5-3-2-4-15(16)20/h2-11H,12H2,1H3,(H,23,25)(H,21,22,24). The molecule has 1 amide bonds. The molecule has 0 aliphatic heterocycles. The predicted molar refractivity (Wildman–Crippen MR) is 99.9 cm³/mol. The molecular formula is C19H17ClN4O. The summed E-state index contributed by atoms with van der Waals surface area (Å²) < 4.78 is 0. The van der Waals surface area contributed by atoms with E-state index in [1.165, 1.54) is 5.56 Å². The number of nitrogens with one attached hydrogen (secondary N) is 2. The van der Waals surface area contributed by atoms with E-state index in [0.717, 1.165) is 5.56 Å². The zero-order chi connectivity index (χ0) is 17.6. The van der Waals surface area contributed by atoms with Crippen molar-refractivity contribution < 1.29 is 4.79 Å². The van der Waals surface area contributed by atoms with E-state index in [0.29, 0.717) is 23.2 Å². The molecule has 0 unspecified atom stereocenters. The van der Waals surface area contributed by atoms with E-state index < -0.39 is 0 Å². The second kappa shape index (κ2) is 7.77. The number of halogens is 1. The molecular weight excluding hydrogens is 336 g/mol. The van der Waals surface area contributed by atoms with Gasteiger partial charge in [-0.15, -0.1) is 0 Å². The molecule has 3 rings (SSSR count). The Morgan fingerprint density at radius 2 is 1.84 bits per heavy atom. The fourth-order valence-electron chi connectivity index (χ4n) is 2.21. The molecule has 0 aliphatic rings. The first-order valence-corrected chi connectivity index (χ1v) is 8.18. The highest BCUT2D eigenvalue weighted by molar-refractivity contribution is 6.33. The Balaban J connectivity index is 1.67. The van der Waals surface area contributed by atoms with Crippen LogP contribution in [0.5, 0.6) is 0 Å². The average Bonchev–Trinajstić information content (AvgIpc) is 2.63. The summed E-state index contributed by atoms with van der Waals surface area (Å²) in [5, 5.41) is 6.34. The Hall–Kier alpha value is -2.92. The number of aryl methyl sites for hydroxylation is 1. The highest BCUT2D eigenvalue weighted by Gasteiger charge is 2.10. The summed E-state index contributed by atoms with van der Waals surface area (Å²) in [5.74, 6) is 0.0567. The Bertz CT molecular complexity index is 881. The van der Waals surface area contributed by atoms with Crippen LogP contribution in [-0.4, -0.2) is 15.9 Å². The van der Waals surface area contributed by atoms with E-state index in [1.54, 1.807) is 36.5 Å². The molecule has 2 aromatic carbocycles. The smallest absolute Gasteiger partial charge is 0.274 e. The van der Waals surface area contributed by atoms with Crippen molar-refractivity contribution in [3.8, 4) is 0 Å². The van der Waals surface area contributed by atoms with Gasteiger partial charge < -0.3 is 10.6 Å². The molecule has 1 aromatic heterocycles. The SMILES string of the molecule is Cc1ccc(CNc2nccc(C(=O)Nc3ccccc3Cl)n2)cc1. The normalized spacial score (nSPS) is 10.3. The van der Waals surface area contributed by atoms with Crippen molar-refractivity contribution in [2.75, 3.05) is 10.6 Å². The van der Waals surface area contributed by atoms with Crippen LogP contribution in [0.3, 0.4) is 0 Å². The number of amides is 1. The molecule has 0 radical (unpaired) electrons. The van der Waals surface area contributed by atoms with Crippen molar-refractivity contribution in [2.45, 2.75) is 13.5 Å². The van der Waals surface area contributed by atoms with Crippen molar-refractivity contribution in [1.82, 2.24) is 9.97 Å². The first-order valence-electron chi connectivity index (χ1n) is 7.80. The van der Waals surface area contributed by atoms with Gasteiger partial charge in [0.1, 0.15) is 5.69 Å². The number of aromatic nitrogens is 2. The fourth-order valence-corrected chi connectivity index (χ4v) is 2.39. The van der Waals surface area contributed by atoms with Gasteiger partial charge in [-0.25, -0.2) is 9.97 Å². The zero-order valence-corrected chi connectivity index (χ0v) is 14.4. The maximum absolute atomic E-state index is 12.3. The molecule has 0 saturated heterocycles. The van der Waals surface area contributed by atoms with Crippen molar-refractivity contribution in [3.05, 3.63) is 82.6 Å². The maximum Gasteiger partial charge on any atom is 0.274 e. The average molecular weight is 353 g/mol. The first-order chi connectivity index (χ1) is 12.1. The van der Waals surface area contributed by atoms with Gasteiger partial charge in [0, 0.05) is 12.7 Å². The number of rotatable bonds is 5. The van der Waals surface area contributed by atoms with Gasteiger partial charge in [0.15, 0.2) is 0 Å². The second-order valence-electron chi connectivity index (χ2n) is 5.54. The van der Waals surface area contributed by atoms with Gasteiger partial charge in [-0.2, -0.15) is 0 Å². The van der Waals surface area contributed by atoms with Gasteiger partial charge in [-0.3, -0.25) is 4.79 Å². The quantitative estimate of drug-likeness (QED) is 0.718. The van der Waals surface area contributed by atoms with Crippen LogP contribution in [0.25, 0.3) is 0 Å². The van der Waals surface area contributed by atoms with Crippen LogP contribution in [0.15, 0.2) is 60.8 Å². The van der Waals surface area contributed by atoms with Crippen LogP contribution in [0.1, 0.15) is 21.6 Å². The van der Waals surface area contributed by atoms with Crippen LogP contribution < -0.4 is 10.6 Å². The van der Waals surface area contributed by atoms with Crippen LogP contribution >= 0.6 is 11.6 Å². The minimum atomic E-state index is -0.339. The van der Waals surface area contributed by atoms with Crippen LogP contribution in [0, 0.1) is 6.92 Å². The Morgan fingerprint density at radius 3 is 2.60 bits per heavy atom. The lowest BCUT2D eigenvalue weighted by Crippen LogP contribution is -2.15. The minimum absolute atomic E-state index is 0.265. The van der Waals surface area contributed by atoms with Crippen LogP contribution in [-0.2, 0) is 6.54 Å². The van der Waals surface area contributed by atoms with Gasteiger partial charge in [-0.1, -0.05) is 53.6 Å². The summed E-state index contributed by atoms with van der Waals surface area (Å²) in [5.41, 5.74) is 3.13. The molecule has 3 aromatic rings. The summed E-state index contributed by atoms with van der Waals surface area (Å²) >= 11 is 6.06. The van der Waals surface area contributed by atoms with Gasteiger partial charge in [0.05, 0.1) is 10.7 Å². The molecule has 6 heteroatoms. The number of hydrogen-bond donors (Lipinski definition) is 2. The number of hydrogen-bond acceptors (Lipinski definition) is 4. The number of benzene rings is 2. The fraction of sp³-hybridized carbons (Fsp3) is 0.105. The molecule has 0 spiro atoms. The Labute approximate surface area is 151 Å². The maximum atomic E-state index is 12.3. The van der Waals surface area contributed by atoms with Gasteiger partial charge in [0.25, 0.3) is 5.91 Å². The summed E-state index contributed by atoms with van der Waals surface area (Å²) in [6.45, 7) is 2.62. The first kappa shape index (κ1) is 16.9. The van der Waals surface area contributed by atoms with E-state index in [4.69, 9.17) is 11.6 Å². The minimum Gasteiger partial charge on any atom is -0.350 e. The van der Waals surface area contributed by atoms with Crippen molar-refractivity contribution >= 4 is 29.1 Å². The number of anilines is 2. The third-order valence-corrected chi connectivity index (χ3v) is 3.91.